The maximum atomic E-state index is 14.6. The zero-order valence-electron chi connectivity index (χ0n) is 24.1. The standard InChI is InChI=1S/C32H30BrFN6O5/c33-20-6-7-25(24(34)14-20)38-29-23-15-27(35-10-3-11-40-30(41)21-4-1-2-5-22(21)31(40)42)28(16-26(23)36-18-37-29)45-17-19-8-12-39(13-9-19)32(43)44/h1-2,4-7,14-16,18-19,35H,3,8-13,17H2,(H,43,44)(H,36,37,38). The molecule has 0 atom stereocenters. The number of benzene rings is 3. The van der Waals surface area contributed by atoms with E-state index < -0.39 is 11.9 Å². The molecular formula is C32H30BrFN6O5. The molecule has 3 heterocycles. The van der Waals surface area contributed by atoms with Crippen molar-refractivity contribution in [2.45, 2.75) is 19.3 Å². The summed E-state index contributed by atoms with van der Waals surface area (Å²) in [7, 11) is 0. The SMILES string of the molecule is O=C(O)N1CCC(COc2cc3ncnc(Nc4ccc(Br)cc4F)c3cc2NCCCN2C(=O)c3ccccc3C2=O)CC1. The highest BCUT2D eigenvalue weighted by molar-refractivity contribution is 9.10. The smallest absolute Gasteiger partial charge is 0.407 e. The monoisotopic (exact) mass is 676 g/mol. The zero-order chi connectivity index (χ0) is 31.5. The molecule has 2 aliphatic rings. The maximum Gasteiger partial charge on any atom is 0.407 e. The van der Waals surface area contributed by atoms with Crippen LogP contribution in [0.1, 0.15) is 40.0 Å². The number of likely N-dealkylation sites (tertiary alicyclic amines) is 1. The summed E-state index contributed by atoms with van der Waals surface area (Å²) in [6.45, 7) is 1.97. The first-order chi connectivity index (χ1) is 21.8. The van der Waals surface area contributed by atoms with E-state index in [1.807, 2.05) is 6.07 Å². The third-order valence-electron chi connectivity index (χ3n) is 8.03. The fourth-order valence-corrected chi connectivity index (χ4v) is 5.89. The highest BCUT2D eigenvalue weighted by atomic mass is 79.9. The number of imide groups is 1. The molecule has 3 amide bonds. The van der Waals surface area contributed by atoms with Gasteiger partial charge in [0, 0.05) is 42.1 Å². The van der Waals surface area contributed by atoms with E-state index in [0.29, 0.717) is 89.3 Å². The second kappa shape index (κ2) is 13.1. The minimum absolute atomic E-state index is 0.181. The van der Waals surface area contributed by atoms with Crippen LogP contribution in [-0.2, 0) is 0 Å². The number of fused-ring (bicyclic) bond motifs is 2. The molecule has 6 rings (SSSR count). The Morgan fingerprint density at radius 2 is 1.76 bits per heavy atom. The van der Waals surface area contributed by atoms with Gasteiger partial charge in [-0.1, -0.05) is 28.1 Å². The lowest BCUT2D eigenvalue weighted by Crippen LogP contribution is -2.38. The zero-order valence-corrected chi connectivity index (χ0v) is 25.7. The number of aromatic nitrogens is 2. The van der Waals surface area contributed by atoms with Gasteiger partial charge < -0.3 is 25.4 Å². The Balaban J connectivity index is 1.20. The van der Waals surface area contributed by atoms with Crippen LogP contribution in [0.2, 0.25) is 0 Å². The fraction of sp³-hybridized carbons (Fsp3) is 0.281. The van der Waals surface area contributed by atoms with Gasteiger partial charge in [0.1, 0.15) is 23.7 Å². The van der Waals surface area contributed by atoms with Gasteiger partial charge in [0.15, 0.2) is 0 Å². The molecule has 0 radical (unpaired) electrons. The number of carbonyl (C=O) groups is 3. The lowest BCUT2D eigenvalue weighted by Gasteiger charge is -2.30. The second-order valence-electron chi connectivity index (χ2n) is 10.9. The summed E-state index contributed by atoms with van der Waals surface area (Å²) in [6, 6.07) is 15.1. The molecule has 1 fully saturated rings. The number of anilines is 3. The van der Waals surface area contributed by atoms with E-state index in [1.165, 1.54) is 22.2 Å². The van der Waals surface area contributed by atoms with E-state index in [1.54, 1.807) is 42.5 Å². The van der Waals surface area contributed by atoms with Crippen molar-refractivity contribution in [1.82, 2.24) is 19.8 Å². The van der Waals surface area contributed by atoms with Crippen molar-refractivity contribution in [2.24, 2.45) is 5.92 Å². The first-order valence-corrected chi connectivity index (χ1v) is 15.4. The van der Waals surface area contributed by atoms with Gasteiger partial charge in [0.2, 0.25) is 0 Å². The number of rotatable bonds is 10. The molecule has 0 bridgehead atoms. The van der Waals surface area contributed by atoms with Crippen LogP contribution in [0, 0.1) is 11.7 Å². The molecule has 2 aliphatic heterocycles. The number of amides is 3. The van der Waals surface area contributed by atoms with Crippen LogP contribution in [0.25, 0.3) is 10.9 Å². The fourth-order valence-electron chi connectivity index (χ4n) is 5.56. The van der Waals surface area contributed by atoms with Gasteiger partial charge in [0.05, 0.1) is 34.6 Å². The summed E-state index contributed by atoms with van der Waals surface area (Å²) in [5, 5.41) is 16.3. The first kappa shape index (κ1) is 30.3. The van der Waals surface area contributed by atoms with E-state index >= 15 is 0 Å². The Labute approximate surface area is 266 Å². The Morgan fingerprint density at radius 3 is 2.44 bits per heavy atom. The summed E-state index contributed by atoms with van der Waals surface area (Å²) < 4.78 is 21.5. The molecule has 232 valence electrons. The molecule has 0 unspecified atom stereocenters. The third kappa shape index (κ3) is 6.53. The molecule has 45 heavy (non-hydrogen) atoms. The lowest BCUT2D eigenvalue weighted by atomic mass is 9.98. The lowest BCUT2D eigenvalue weighted by molar-refractivity contribution is 0.0653. The maximum absolute atomic E-state index is 14.6. The third-order valence-corrected chi connectivity index (χ3v) is 8.53. The van der Waals surface area contributed by atoms with E-state index in [-0.39, 0.29) is 30.0 Å². The van der Waals surface area contributed by atoms with Crippen LogP contribution < -0.4 is 15.4 Å². The molecule has 13 heteroatoms. The van der Waals surface area contributed by atoms with Gasteiger partial charge in [-0.05, 0) is 61.6 Å². The Kier molecular flexibility index (Phi) is 8.78. The average Bonchev–Trinajstić information content (AvgIpc) is 3.28. The molecule has 11 nitrogen and oxygen atoms in total. The minimum atomic E-state index is -0.913. The minimum Gasteiger partial charge on any atom is -0.491 e. The summed E-state index contributed by atoms with van der Waals surface area (Å²) in [4.78, 5) is 48.3. The van der Waals surface area contributed by atoms with Crippen LogP contribution in [0.3, 0.4) is 0 Å². The molecule has 0 aliphatic carbocycles. The first-order valence-electron chi connectivity index (χ1n) is 14.6. The van der Waals surface area contributed by atoms with Crippen molar-refractivity contribution in [3.63, 3.8) is 0 Å². The van der Waals surface area contributed by atoms with Gasteiger partial charge >= 0.3 is 6.09 Å². The van der Waals surface area contributed by atoms with Crippen LogP contribution in [-0.4, -0.2) is 75.6 Å². The van der Waals surface area contributed by atoms with Gasteiger partial charge in [-0.3, -0.25) is 14.5 Å². The highest BCUT2D eigenvalue weighted by Gasteiger charge is 2.34. The summed E-state index contributed by atoms with van der Waals surface area (Å²) >= 11 is 3.27. The van der Waals surface area contributed by atoms with Crippen molar-refractivity contribution in [3.8, 4) is 5.75 Å². The molecule has 4 aromatic rings. The number of halogens is 2. The summed E-state index contributed by atoms with van der Waals surface area (Å²) in [5.41, 5.74) is 2.30. The number of hydrogen-bond acceptors (Lipinski definition) is 8. The molecule has 3 aromatic carbocycles. The van der Waals surface area contributed by atoms with Crippen LogP contribution in [0.4, 0.5) is 26.4 Å². The topological polar surface area (TPSA) is 137 Å². The highest BCUT2D eigenvalue weighted by Crippen LogP contribution is 2.35. The number of ether oxygens (including phenoxy) is 1. The van der Waals surface area contributed by atoms with Crippen molar-refractivity contribution >= 4 is 61.9 Å². The summed E-state index contributed by atoms with van der Waals surface area (Å²) in [6.07, 6.45) is 2.35. The predicted octanol–water partition coefficient (Wildman–Crippen LogP) is 6.14. The van der Waals surface area contributed by atoms with E-state index in [2.05, 4.69) is 36.5 Å². The second-order valence-corrected chi connectivity index (χ2v) is 11.9. The number of piperidine rings is 1. The normalized spacial score (nSPS) is 15.0. The Morgan fingerprint density at radius 1 is 1.02 bits per heavy atom. The van der Waals surface area contributed by atoms with Crippen molar-refractivity contribution in [1.29, 1.82) is 0 Å². The van der Waals surface area contributed by atoms with Crippen LogP contribution in [0.5, 0.6) is 5.75 Å². The van der Waals surface area contributed by atoms with E-state index in [0.717, 1.165) is 0 Å². The van der Waals surface area contributed by atoms with Gasteiger partial charge in [0.25, 0.3) is 11.8 Å². The van der Waals surface area contributed by atoms with Gasteiger partial charge in [-0.2, -0.15) is 0 Å². The predicted molar refractivity (Wildman–Crippen MR) is 170 cm³/mol. The molecular weight excluding hydrogens is 647 g/mol. The quantitative estimate of drug-likeness (QED) is 0.134. The number of carbonyl (C=O) groups excluding carboxylic acids is 2. The number of nitrogens with zero attached hydrogens (tertiary/aromatic N) is 4. The average molecular weight is 678 g/mol. The van der Waals surface area contributed by atoms with Crippen molar-refractivity contribution < 1.29 is 28.6 Å². The Bertz CT molecular complexity index is 1750. The van der Waals surface area contributed by atoms with Crippen molar-refractivity contribution in [2.75, 3.05) is 43.4 Å². The molecule has 1 aromatic heterocycles. The molecule has 0 saturated carbocycles. The van der Waals surface area contributed by atoms with Crippen LogP contribution in [0.15, 0.2) is 65.4 Å². The van der Waals surface area contributed by atoms with E-state index in [4.69, 9.17) is 4.74 Å². The van der Waals surface area contributed by atoms with E-state index in [9.17, 15) is 23.9 Å². The van der Waals surface area contributed by atoms with Crippen molar-refractivity contribution in [3.05, 3.63) is 82.3 Å². The van der Waals surface area contributed by atoms with Gasteiger partial charge in [-0.15, -0.1) is 0 Å². The summed E-state index contributed by atoms with van der Waals surface area (Å²) in [5.74, 6) is 0.0865. The molecule has 3 N–H and O–H groups in total. The molecule has 1 saturated heterocycles. The van der Waals surface area contributed by atoms with Gasteiger partial charge in [-0.25, -0.2) is 19.2 Å². The molecule has 0 spiro atoms. The Hall–Kier alpha value is -4.78. The largest absolute Gasteiger partial charge is 0.491 e. The number of carboxylic acid groups (broad SMARTS) is 1. The van der Waals surface area contributed by atoms with Crippen LogP contribution >= 0.6 is 15.9 Å². The number of hydrogen-bond donors (Lipinski definition) is 3. The number of nitrogens with one attached hydrogen (secondary N) is 2.